The van der Waals surface area contributed by atoms with Gasteiger partial charge in [-0.05, 0) is 44.2 Å². The molecule has 0 aliphatic heterocycles. The van der Waals surface area contributed by atoms with Gasteiger partial charge in [0.05, 0.1) is 0 Å². The van der Waals surface area contributed by atoms with Gasteiger partial charge in [0.25, 0.3) is 0 Å². The van der Waals surface area contributed by atoms with Gasteiger partial charge in [0, 0.05) is 6.61 Å². The summed E-state index contributed by atoms with van der Waals surface area (Å²) in [5, 5.41) is 3.36. The van der Waals surface area contributed by atoms with Crippen LogP contribution < -0.4 is 5.32 Å². The molecule has 0 bridgehead atoms. The van der Waals surface area contributed by atoms with Gasteiger partial charge in [0.15, 0.2) is 0 Å². The fourth-order valence-electron chi connectivity index (χ4n) is 1.69. The molecule has 5 heteroatoms. The second-order valence-corrected chi connectivity index (χ2v) is 4.97. The fraction of sp³-hybridized carbons (Fsp3) is 1.00. The van der Waals surface area contributed by atoms with Crippen LogP contribution in [0.2, 0.25) is 0 Å². The summed E-state index contributed by atoms with van der Waals surface area (Å²) in [6.07, 6.45) is -1.49. The van der Waals surface area contributed by atoms with E-state index in [2.05, 4.69) is 30.8 Å². The highest BCUT2D eigenvalue weighted by atomic mass is 19.4. The third-order valence-electron chi connectivity index (χ3n) is 3.08. The van der Waals surface area contributed by atoms with Crippen LogP contribution in [-0.2, 0) is 4.74 Å². The van der Waals surface area contributed by atoms with Crippen LogP contribution in [0.25, 0.3) is 0 Å². The first-order valence-corrected chi connectivity index (χ1v) is 6.72. The van der Waals surface area contributed by atoms with E-state index in [0.29, 0.717) is 18.3 Å². The molecule has 0 aliphatic carbocycles. The Morgan fingerprint density at radius 1 is 1.17 bits per heavy atom. The van der Waals surface area contributed by atoms with Crippen LogP contribution in [0.5, 0.6) is 0 Å². The summed E-state index contributed by atoms with van der Waals surface area (Å²) >= 11 is 0. The van der Waals surface area contributed by atoms with Gasteiger partial charge >= 0.3 is 6.18 Å². The van der Waals surface area contributed by atoms with Crippen LogP contribution in [0.4, 0.5) is 13.2 Å². The molecule has 0 aliphatic rings. The molecule has 2 atom stereocenters. The Morgan fingerprint density at radius 2 is 1.83 bits per heavy atom. The maximum Gasteiger partial charge on any atom is 0.411 e. The van der Waals surface area contributed by atoms with E-state index in [4.69, 9.17) is 0 Å². The first-order valence-electron chi connectivity index (χ1n) is 6.72. The Hall–Kier alpha value is -0.290. The lowest BCUT2D eigenvalue weighted by atomic mass is 9.91. The summed E-state index contributed by atoms with van der Waals surface area (Å²) in [5.74, 6) is 1.04. The van der Waals surface area contributed by atoms with E-state index in [0.717, 1.165) is 25.9 Å². The molecule has 2 unspecified atom stereocenters. The molecular formula is C13H26F3NO. The molecule has 0 fully saturated rings. The van der Waals surface area contributed by atoms with Gasteiger partial charge in [-0.3, -0.25) is 0 Å². The van der Waals surface area contributed by atoms with Crippen molar-refractivity contribution in [2.75, 3.05) is 26.3 Å². The zero-order valence-corrected chi connectivity index (χ0v) is 11.6. The minimum absolute atomic E-state index is 0.193. The van der Waals surface area contributed by atoms with Gasteiger partial charge in [0.1, 0.15) is 6.61 Å². The first kappa shape index (κ1) is 17.7. The van der Waals surface area contributed by atoms with Crippen LogP contribution >= 0.6 is 0 Å². The number of hydrogen-bond donors (Lipinski definition) is 1. The predicted octanol–water partition coefficient (Wildman–Crippen LogP) is 3.62. The highest BCUT2D eigenvalue weighted by Crippen LogP contribution is 2.17. The van der Waals surface area contributed by atoms with Crippen molar-refractivity contribution in [1.82, 2.24) is 5.32 Å². The summed E-state index contributed by atoms with van der Waals surface area (Å²) in [6, 6.07) is 0. The van der Waals surface area contributed by atoms with Crippen molar-refractivity contribution in [3.8, 4) is 0 Å². The number of nitrogens with one attached hydrogen (secondary N) is 1. The molecule has 0 aromatic heterocycles. The Morgan fingerprint density at radius 3 is 2.39 bits per heavy atom. The molecule has 0 aromatic rings. The van der Waals surface area contributed by atoms with Gasteiger partial charge in [0.2, 0.25) is 0 Å². The highest BCUT2D eigenvalue weighted by Gasteiger charge is 2.27. The summed E-state index contributed by atoms with van der Waals surface area (Å²) in [5.41, 5.74) is 0. The molecule has 0 amide bonds. The van der Waals surface area contributed by atoms with Gasteiger partial charge in [-0.1, -0.05) is 20.8 Å². The van der Waals surface area contributed by atoms with Crippen molar-refractivity contribution in [3.63, 3.8) is 0 Å². The third-order valence-corrected chi connectivity index (χ3v) is 3.08. The van der Waals surface area contributed by atoms with Crippen LogP contribution in [0.3, 0.4) is 0 Å². The first-order chi connectivity index (χ1) is 8.37. The average Bonchev–Trinajstić information content (AvgIpc) is 2.27. The third kappa shape index (κ3) is 10.8. The second kappa shape index (κ2) is 9.62. The number of ether oxygens (including phenoxy) is 1. The van der Waals surface area contributed by atoms with E-state index >= 15 is 0 Å². The molecular weight excluding hydrogens is 243 g/mol. The molecule has 0 aromatic carbocycles. The topological polar surface area (TPSA) is 21.3 Å². The molecule has 0 saturated carbocycles. The van der Waals surface area contributed by atoms with E-state index in [1.54, 1.807) is 0 Å². The van der Waals surface area contributed by atoms with Crippen molar-refractivity contribution in [2.45, 2.75) is 46.2 Å². The Kier molecular flexibility index (Phi) is 9.46. The normalized spacial score (nSPS) is 15.7. The molecule has 1 N–H and O–H groups in total. The molecule has 110 valence electrons. The zero-order chi connectivity index (χ0) is 14.0. The molecule has 2 nitrogen and oxygen atoms in total. The van der Waals surface area contributed by atoms with Gasteiger partial charge in [-0.25, -0.2) is 0 Å². The Bertz CT molecular complexity index is 197. The number of rotatable bonds is 10. The van der Waals surface area contributed by atoms with Crippen molar-refractivity contribution < 1.29 is 17.9 Å². The maximum atomic E-state index is 11.8. The largest absolute Gasteiger partial charge is 0.411 e. The fourth-order valence-corrected chi connectivity index (χ4v) is 1.69. The van der Waals surface area contributed by atoms with Crippen LogP contribution in [0, 0.1) is 11.8 Å². The van der Waals surface area contributed by atoms with E-state index in [-0.39, 0.29) is 6.61 Å². The van der Waals surface area contributed by atoms with Gasteiger partial charge < -0.3 is 10.1 Å². The molecule has 0 saturated heterocycles. The number of halogens is 3. The minimum Gasteiger partial charge on any atom is -0.372 e. The van der Waals surface area contributed by atoms with E-state index in [1.807, 2.05) is 0 Å². The molecule has 0 spiro atoms. The zero-order valence-electron chi connectivity index (χ0n) is 11.6. The number of hydrogen-bond acceptors (Lipinski definition) is 2. The lowest BCUT2D eigenvalue weighted by molar-refractivity contribution is -0.174. The summed E-state index contributed by atoms with van der Waals surface area (Å²) in [7, 11) is 0. The lowest BCUT2D eigenvalue weighted by Crippen LogP contribution is -2.26. The lowest BCUT2D eigenvalue weighted by Gasteiger charge is -2.20. The maximum absolute atomic E-state index is 11.8. The Labute approximate surface area is 108 Å². The van der Waals surface area contributed by atoms with Gasteiger partial charge in [-0.15, -0.1) is 0 Å². The quantitative estimate of drug-likeness (QED) is 0.612. The van der Waals surface area contributed by atoms with Crippen LogP contribution in [-0.4, -0.2) is 32.5 Å². The predicted molar refractivity (Wildman–Crippen MR) is 67.6 cm³/mol. The van der Waals surface area contributed by atoms with E-state index in [1.165, 1.54) is 0 Å². The van der Waals surface area contributed by atoms with E-state index in [9.17, 15) is 13.2 Å². The second-order valence-electron chi connectivity index (χ2n) is 4.97. The van der Waals surface area contributed by atoms with Crippen molar-refractivity contribution in [2.24, 2.45) is 11.8 Å². The Balaban J connectivity index is 3.48. The molecule has 0 rings (SSSR count). The monoisotopic (exact) mass is 269 g/mol. The van der Waals surface area contributed by atoms with Gasteiger partial charge in [-0.2, -0.15) is 13.2 Å². The van der Waals surface area contributed by atoms with Crippen molar-refractivity contribution >= 4 is 0 Å². The molecule has 0 radical (unpaired) electrons. The minimum atomic E-state index is -4.21. The summed E-state index contributed by atoms with van der Waals surface area (Å²) in [4.78, 5) is 0. The SMILES string of the molecule is CCCNCC(C)C(C)CCCOCC(F)(F)F. The standard InChI is InChI=1S/C13H26F3NO/c1-4-7-17-9-12(3)11(2)6-5-8-18-10-13(14,15)16/h11-12,17H,4-10H2,1-3H3. The summed E-state index contributed by atoms with van der Waals surface area (Å²) in [6.45, 7) is 7.49. The number of alkyl halides is 3. The van der Waals surface area contributed by atoms with E-state index < -0.39 is 12.8 Å². The summed E-state index contributed by atoms with van der Waals surface area (Å²) < 4.78 is 40.0. The molecule has 18 heavy (non-hydrogen) atoms. The van der Waals surface area contributed by atoms with Crippen LogP contribution in [0.1, 0.15) is 40.0 Å². The van der Waals surface area contributed by atoms with Crippen LogP contribution in [0.15, 0.2) is 0 Å². The smallest absolute Gasteiger partial charge is 0.372 e. The highest BCUT2D eigenvalue weighted by molar-refractivity contribution is 4.64. The average molecular weight is 269 g/mol. The van der Waals surface area contributed by atoms with Crippen molar-refractivity contribution in [3.05, 3.63) is 0 Å². The molecule has 0 heterocycles. The van der Waals surface area contributed by atoms with Crippen molar-refractivity contribution in [1.29, 1.82) is 0 Å².